The van der Waals surface area contributed by atoms with Crippen molar-refractivity contribution < 1.29 is 0 Å². The molecule has 0 spiro atoms. The van der Waals surface area contributed by atoms with Crippen LogP contribution in [0.3, 0.4) is 0 Å². The minimum absolute atomic E-state index is 0.303. The molecule has 0 amide bonds. The van der Waals surface area contributed by atoms with Crippen LogP contribution >= 0.6 is 11.6 Å². The molecule has 0 aromatic carbocycles. The number of rotatable bonds is 4. The number of halogens is 1. The van der Waals surface area contributed by atoms with Crippen molar-refractivity contribution in [1.82, 2.24) is 9.88 Å². The quantitative estimate of drug-likeness (QED) is 0.791. The SMILES string of the molecule is CCC(C)(C)N1CCN(c2cc(CCl)ccn2)CC1. The molecule has 19 heavy (non-hydrogen) atoms. The number of nitrogens with zero attached hydrogens (tertiary/aromatic N) is 3. The molecule has 0 saturated carbocycles. The Bertz CT molecular complexity index is 412. The average Bonchev–Trinajstić information content (AvgIpc) is 2.47. The Balaban J connectivity index is 1.99. The molecular formula is C15H24ClN3. The zero-order chi connectivity index (χ0) is 13.9. The molecule has 0 N–H and O–H groups in total. The lowest BCUT2D eigenvalue weighted by Gasteiger charge is -2.44. The number of anilines is 1. The summed E-state index contributed by atoms with van der Waals surface area (Å²) in [5.74, 6) is 1.62. The van der Waals surface area contributed by atoms with E-state index in [4.69, 9.17) is 11.6 Å². The molecule has 1 aromatic heterocycles. The molecule has 1 fully saturated rings. The predicted molar refractivity (Wildman–Crippen MR) is 82.0 cm³/mol. The van der Waals surface area contributed by atoms with Crippen LogP contribution in [0.5, 0.6) is 0 Å². The first-order chi connectivity index (χ1) is 9.06. The Labute approximate surface area is 121 Å². The van der Waals surface area contributed by atoms with Crippen molar-refractivity contribution in [1.29, 1.82) is 0 Å². The van der Waals surface area contributed by atoms with Gasteiger partial charge in [-0.1, -0.05) is 6.92 Å². The van der Waals surface area contributed by atoms with Crippen LogP contribution in [-0.4, -0.2) is 41.6 Å². The van der Waals surface area contributed by atoms with Crippen molar-refractivity contribution in [2.24, 2.45) is 0 Å². The number of pyridine rings is 1. The van der Waals surface area contributed by atoms with Crippen molar-refractivity contribution in [2.45, 2.75) is 38.6 Å². The van der Waals surface area contributed by atoms with Gasteiger partial charge in [0.05, 0.1) is 0 Å². The standard InChI is InChI=1S/C15H24ClN3/c1-4-15(2,3)19-9-7-18(8-10-19)14-11-13(12-16)5-6-17-14/h5-6,11H,4,7-10,12H2,1-3H3. The molecule has 2 heterocycles. The fourth-order valence-corrected chi connectivity index (χ4v) is 2.65. The zero-order valence-electron chi connectivity index (χ0n) is 12.2. The smallest absolute Gasteiger partial charge is 0.128 e. The molecule has 1 aliphatic heterocycles. The van der Waals surface area contributed by atoms with Gasteiger partial charge in [-0.25, -0.2) is 4.98 Å². The highest BCUT2D eigenvalue weighted by Gasteiger charge is 2.28. The third-order valence-corrected chi connectivity index (χ3v) is 4.60. The van der Waals surface area contributed by atoms with Crippen molar-refractivity contribution in [3.8, 4) is 0 Å². The van der Waals surface area contributed by atoms with E-state index in [1.807, 2.05) is 12.3 Å². The predicted octanol–water partition coefficient (Wildman–Crippen LogP) is 3.13. The Hall–Kier alpha value is -0.800. The number of hydrogen-bond acceptors (Lipinski definition) is 3. The number of aromatic nitrogens is 1. The van der Waals surface area contributed by atoms with E-state index < -0.39 is 0 Å². The second-order valence-electron chi connectivity index (χ2n) is 5.80. The summed E-state index contributed by atoms with van der Waals surface area (Å²) in [5.41, 5.74) is 1.44. The molecule has 4 heteroatoms. The van der Waals surface area contributed by atoms with Crippen LogP contribution in [0.25, 0.3) is 0 Å². The Morgan fingerprint density at radius 1 is 1.26 bits per heavy atom. The first kappa shape index (κ1) is 14.6. The van der Waals surface area contributed by atoms with Crippen LogP contribution in [0.1, 0.15) is 32.8 Å². The summed E-state index contributed by atoms with van der Waals surface area (Å²) in [7, 11) is 0. The minimum Gasteiger partial charge on any atom is -0.354 e. The summed E-state index contributed by atoms with van der Waals surface area (Å²) in [5, 5.41) is 0. The number of hydrogen-bond donors (Lipinski definition) is 0. The molecule has 1 aliphatic rings. The van der Waals surface area contributed by atoms with Crippen LogP contribution in [0.2, 0.25) is 0 Å². The van der Waals surface area contributed by atoms with Crippen molar-refractivity contribution in [3.05, 3.63) is 23.9 Å². The van der Waals surface area contributed by atoms with Gasteiger partial charge in [0.15, 0.2) is 0 Å². The highest BCUT2D eigenvalue weighted by molar-refractivity contribution is 6.17. The van der Waals surface area contributed by atoms with Gasteiger partial charge in [-0.05, 0) is 38.0 Å². The first-order valence-corrected chi connectivity index (χ1v) is 7.61. The van der Waals surface area contributed by atoms with Crippen molar-refractivity contribution in [3.63, 3.8) is 0 Å². The zero-order valence-corrected chi connectivity index (χ0v) is 13.0. The molecule has 3 nitrogen and oxygen atoms in total. The summed E-state index contributed by atoms with van der Waals surface area (Å²) < 4.78 is 0. The van der Waals surface area contributed by atoms with Gasteiger partial charge in [-0.2, -0.15) is 0 Å². The maximum absolute atomic E-state index is 5.89. The largest absolute Gasteiger partial charge is 0.354 e. The fraction of sp³-hybridized carbons (Fsp3) is 0.667. The van der Waals surface area contributed by atoms with Gasteiger partial charge in [0.25, 0.3) is 0 Å². The second-order valence-corrected chi connectivity index (χ2v) is 6.06. The van der Waals surface area contributed by atoms with Gasteiger partial charge in [0.2, 0.25) is 0 Å². The van der Waals surface area contributed by atoms with E-state index >= 15 is 0 Å². The molecule has 0 bridgehead atoms. The molecule has 0 aliphatic carbocycles. The van der Waals surface area contributed by atoms with E-state index in [1.54, 1.807) is 0 Å². The molecule has 1 saturated heterocycles. The summed E-state index contributed by atoms with van der Waals surface area (Å²) >= 11 is 5.89. The van der Waals surface area contributed by atoms with Crippen LogP contribution in [0.4, 0.5) is 5.82 Å². The monoisotopic (exact) mass is 281 g/mol. The highest BCUT2D eigenvalue weighted by atomic mass is 35.5. The fourth-order valence-electron chi connectivity index (χ4n) is 2.48. The van der Waals surface area contributed by atoms with E-state index in [0.29, 0.717) is 11.4 Å². The van der Waals surface area contributed by atoms with Gasteiger partial charge < -0.3 is 4.90 Å². The maximum atomic E-state index is 5.89. The van der Waals surface area contributed by atoms with Crippen LogP contribution in [0, 0.1) is 0 Å². The molecule has 0 unspecified atom stereocenters. The van der Waals surface area contributed by atoms with Gasteiger partial charge >= 0.3 is 0 Å². The lowest BCUT2D eigenvalue weighted by Crippen LogP contribution is -2.54. The second kappa shape index (κ2) is 6.10. The Kier molecular flexibility index (Phi) is 4.69. The van der Waals surface area contributed by atoms with E-state index in [1.165, 1.54) is 6.42 Å². The lowest BCUT2D eigenvalue weighted by atomic mass is 9.98. The summed E-state index contributed by atoms with van der Waals surface area (Å²) in [6.45, 7) is 11.2. The highest BCUT2D eigenvalue weighted by Crippen LogP contribution is 2.22. The third kappa shape index (κ3) is 3.40. The van der Waals surface area contributed by atoms with Gasteiger partial charge in [0, 0.05) is 43.8 Å². The molecule has 0 atom stereocenters. The topological polar surface area (TPSA) is 19.4 Å². The summed E-state index contributed by atoms with van der Waals surface area (Å²) in [6, 6.07) is 4.08. The van der Waals surface area contributed by atoms with Crippen molar-refractivity contribution >= 4 is 17.4 Å². The maximum Gasteiger partial charge on any atom is 0.128 e. The van der Waals surface area contributed by atoms with E-state index in [2.05, 4.69) is 41.6 Å². The Morgan fingerprint density at radius 2 is 1.95 bits per heavy atom. The summed E-state index contributed by atoms with van der Waals surface area (Å²) in [6.07, 6.45) is 3.04. The molecule has 0 radical (unpaired) electrons. The number of alkyl halides is 1. The minimum atomic E-state index is 0.303. The molecule has 1 aromatic rings. The van der Waals surface area contributed by atoms with Crippen LogP contribution in [-0.2, 0) is 5.88 Å². The average molecular weight is 282 g/mol. The van der Waals surface area contributed by atoms with E-state index in [-0.39, 0.29) is 0 Å². The molecular weight excluding hydrogens is 258 g/mol. The van der Waals surface area contributed by atoms with Gasteiger partial charge in [-0.3, -0.25) is 4.90 Å². The summed E-state index contributed by atoms with van der Waals surface area (Å²) in [4.78, 5) is 9.40. The molecule has 2 rings (SSSR count). The van der Waals surface area contributed by atoms with Crippen LogP contribution in [0.15, 0.2) is 18.3 Å². The van der Waals surface area contributed by atoms with Gasteiger partial charge in [-0.15, -0.1) is 11.6 Å². The van der Waals surface area contributed by atoms with E-state index in [9.17, 15) is 0 Å². The third-order valence-electron chi connectivity index (χ3n) is 4.29. The number of piperazine rings is 1. The van der Waals surface area contributed by atoms with Crippen molar-refractivity contribution in [2.75, 3.05) is 31.1 Å². The van der Waals surface area contributed by atoms with Gasteiger partial charge in [0.1, 0.15) is 5.82 Å². The Morgan fingerprint density at radius 3 is 2.53 bits per heavy atom. The lowest BCUT2D eigenvalue weighted by molar-refractivity contribution is 0.108. The normalized spacial score (nSPS) is 17.8. The first-order valence-electron chi connectivity index (χ1n) is 7.07. The van der Waals surface area contributed by atoms with Crippen LogP contribution < -0.4 is 4.90 Å². The van der Waals surface area contributed by atoms with E-state index in [0.717, 1.165) is 37.6 Å². The molecule has 106 valence electrons.